The Morgan fingerprint density at radius 2 is 1.06 bits per heavy atom. The molecule has 2 unspecified atom stereocenters. The number of benzene rings is 4. The molecular formula is C65H72F2LiN9O10. The molecule has 87 heavy (non-hydrogen) atoms. The number of hydrogen-bond acceptors (Lipinski definition) is 13. The van der Waals surface area contributed by atoms with Gasteiger partial charge < -0.3 is 57.7 Å². The van der Waals surface area contributed by atoms with Crippen LogP contribution >= 0.6 is 0 Å². The van der Waals surface area contributed by atoms with E-state index in [2.05, 4.69) is 14.9 Å². The Balaban J connectivity index is 0.000000191. The van der Waals surface area contributed by atoms with Crippen LogP contribution in [-0.2, 0) is 62.8 Å². The smallest absolute Gasteiger partial charge is 0.547 e. The second kappa shape index (κ2) is 25.0. The fourth-order valence-corrected chi connectivity index (χ4v) is 12.6. The van der Waals surface area contributed by atoms with Gasteiger partial charge in [0, 0.05) is 91.7 Å². The van der Waals surface area contributed by atoms with E-state index in [4.69, 9.17) is 14.2 Å². The number of aromatic nitrogens is 4. The van der Waals surface area contributed by atoms with Crippen LogP contribution in [0.4, 0.5) is 24.1 Å². The second-order valence-electron chi connectivity index (χ2n) is 24.8. The Morgan fingerprint density at radius 1 is 0.609 bits per heavy atom. The first-order chi connectivity index (χ1) is 41.0. The minimum atomic E-state index is -1.43. The molecular weight excluding hydrogens is 1110 g/mol. The van der Waals surface area contributed by atoms with Crippen molar-refractivity contribution in [3.05, 3.63) is 148 Å². The molecule has 12 rings (SSSR count). The number of aryl methyl sites for hydroxylation is 2. The minimum Gasteiger partial charge on any atom is -0.547 e. The zero-order valence-electron chi connectivity index (χ0n) is 50.7. The molecule has 22 heteroatoms. The van der Waals surface area contributed by atoms with Crippen molar-refractivity contribution < 1.29 is 75.7 Å². The van der Waals surface area contributed by atoms with Gasteiger partial charge in [0.1, 0.15) is 28.9 Å². The van der Waals surface area contributed by atoms with E-state index in [-0.39, 0.29) is 78.9 Å². The van der Waals surface area contributed by atoms with E-state index in [1.807, 2.05) is 99.2 Å². The molecule has 4 aromatic carbocycles. The number of carboxylic acids is 1. The van der Waals surface area contributed by atoms with Gasteiger partial charge in [0.05, 0.1) is 49.7 Å². The minimum absolute atomic E-state index is 0. The number of amides is 4. The summed E-state index contributed by atoms with van der Waals surface area (Å²) < 4.78 is 51.2. The third-order valence-electron chi connectivity index (χ3n) is 16.8. The van der Waals surface area contributed by atoms with Crippen LogP contribution in [0.3, 0.4) is 0 Å². The van der Waals surface area contributed by atoms with Gasteiger partial charge in [-0.2, -0.15) is 0 Å². The van der Waals surface area contributed by atoms with Crippen molar-refractivity contribution in [3.8, 4) is 22.3 Å². The van der Waals surface area contributed by atoms with Crippen LogP contribution in [0.1, 0.15) is 152 Å². The third-order valence-corrected chi connectivity index (χ3v) is 16.8. The van der Waals surface area contributed by atoms with Gasteiger partial charge in [0.25, 0.3) is 11.8 Å². The number of halogens is 2. The van der Waals surface area contributed by atoms with Crippen LogP contribution in [0.5, 0.6) is 0 Å². The van der Waals surface area contributed by atoms with E-state index < -0.39 is 58.7 Å². The molecule has 0 spiro atoms. The molecule has 0 aliphatic carbocycles. The maximum absolute atomic E-state index is 15.6. The number of piperazine rings is 1. The summed E-state index contributed by atoms with van der Waals surface area (Å²) in [6.45, 7) is 18.0. The quantitative estimate of drug-likeness (QED) is 0.0812. The number of piperidine rings is 1. The Kier molecular flexibility index (Phi) is 17.8. The van der Waals surface area contributed by atoms with E-state index in [1.165, 1.54) is 17.0 Å². The Hall–Kier alpha value is -8.02. The van der Waals surface area contributed by atoms with Gasteiger partial charge in [-0.15, -0.1) is 0 Å². The van der Waals surface area contributed by atoms with Crippen LogP contribution in [-0.4, -0.2) is 132 Å². The van der Waals surface area contributed by atoms with Crippen LogP contribution in [0.25, 0.3) is 22.3 Å². The number of ether oxygens (including phenoxy) is 3. The summed E-state index contributed by atoms with van der Waals surface area (Å²) in [4.78, 5) is 94.5. The molecule has 2 aromatic heterocycles. The van der Waals surface area contributed by atoms with Gasteiger partial charge >= 0.3 is 37.0 Å². The molecule has 0 bridgehead atoms. The average molecular weight is 1180 g/mol. The summed E-state index contributed by atoms with van der Waals surface area (Å²) in [5, 5.41) is 12.2. The van der Waals surface area contributed by atoms with Crippen molar-refractivity contribution in [2.24, 2.45) is 0 Å². The maximum atomic E-state index is 15.6. The van der Waals surface area contributed by atoms with E-state index in [0.29, 0.717) is 68.2 Å². The maximum Gasteiger partial charge on any atom is 1.00 e. The molecule has 19 nitrogen and oxygen atoms in total. The zero-order chi connectivity index (χ0) is 60.9. The van der Waals surface area contributed by atoms with Crippen molar-refractivity contribution in [2.75, 3.05) is 50.8 Å². The van der Waals surface area contributed by atoms with Gasteiger partial charge in [-0.25, -0.2) is 33.1 Å². The van der Waals surface area contributed by atoms with Crippen molar-refractivity contribution in [1.29, 1.82) is 0 Å². The van der Waals surface area contributed by atoms with Crippen molar-refractivity contribution in [2.45, 2.75) is 142 Å². The molecule has 452 valence electrons. The molecule has 8 heterocycles. The molecule has 0 N–H and O–H groups in total. The van der Waals surface area contributed by atoms with E-state index >= 15 is 8.78 Å². The van der Waals surface area contributed by atoms with Gasteiger partial charge in [-0.3, -0.25) is 9.59 Å². The Morgan fingerprint density at radius 3 is 1.52 bits per heavy atom. The first-order valence-corrected chi connectivity index (χ1v) is 29.7. The van der Waals surface area contributed by atoms with Crippen LogP contribution in [0, 0.1) is 11.6 Å². The van der Waals surface area contributed by atoms with E-state index in [1.54, 1.807) is 41.5 Å². The summed E-state index contributed by atoms with van der Waals surface area (Å²) in [5.41, 5.74) is 7.04. The largest absolute Gasteiger partial charge is 1.00 e. The number of aliphatic carboxylic acids is 1. The van der Waals surface area contributed by atoms with Gasteiger partial charge in [0.2, 0.25) is 0 Å². The number of carboxylic acid groups (broad SMARTS) is 1. The zero-order valence-corrected chi connectivity index (χ0v) is 50.7. The van der Waals surface area contributed by atoms with Gasteiger partial charge in [-0.1, -0.05) is 36.4 Å². The molecule has 0 saturated carbocycles. The summed E-state index contributed by atoms with van der Waals surface area (Å²) >= 11 is 0. The number of likely N-dealkylation sites (tertiary alicyclic amines) is 1. The van der Waals surface area contributed by atoms with Crippen LogP contribution in [0.15, 0.2) is 85.5 Å². The summed E-state index contributed by atoms with van der Waals surface area (Å²) in [7, 11) is 0. The molecule has 6 aliphatic heterocycles. The van der Waals surface area contributed by atoms with Crippen LogP contribution in [0.2, 0.25) is 0 Å². The second-order valence-corrected chi connectivity index (χ2v) is 24.8. The number of nitrogens with zero attached hydrogens (tertiary/aromatic N) is 9. The summed E-state index contributed by atoms with van der Waals surface area (Å²) in [6.07, 6.45) is 7.57. The van der Waals surface area contributed by atoms with Crippen molar-refractivity contribution in [1.82, 2.24) is 38.7 Å². The molecule has 6 aromatic rings. The molecule has 6 aliphatic rings. The van der Waals surface area contributed by atoms with Gasteiger partial charge in [-0.05, 0) is 157 Å². The van der Waals surface area contributed by atoms with Crippen LogP contribution < -0.4 is 28.9 Å². The SMILES string of the molecule is CC(C)(C)OC(=O)N1CCC(c2ccc(-c3cc(F)c4c(c3)C(=O)N(C(C(=O)[O-])c3ncn5c3CCC5)C4)cc2)CC1.CCOC(=O)C(c1ncn2c1CCC2)N1Cc2c(F)cc(-c3ccc(N4CCN(C(=O)OC(C)(C)C)CC4)cc3)cc2C1=O.[Li+]. The number of rotatable bonds is 11. The number of anilines is 1. The summed E-state index contributed by atoms with van der Waals surface area (Å²) in [5.74, 6) is -3.72. The van der Waals surface area contributed by atoms with Gasteiger partial charge in [0.15, 0.2) is 6.04 Å². The summed E-state index contributed by atoms with van der Waals surface area (Å²) in [6, 6.07) is 19.3. The predicted octanol–water partition coefficient (Wildman–Crippen LogP) is 6.15. The number of esters is 1. The van der Waals surface area contributed by atoms with E-state index in [0.717, 1.165) is 83.9 Å². The number of carbonyl (C=O) groups excluding carboxylic acids is 6. The van der Waals surface area contributed by atoms with Crippen molar-refractivity contribution >= 4 is 41.6 Å². The molecule has 2 fully saturated rings. The fraction of sp³-hybridized carbons (Fsp3) is 0.446. The fourth-order valence-electron chi connectivity index (χ4n) is 12.6. The normalized spacial score (nSPS) is 17.2. The standard InChI is InChI=1S/C33H38FN5O5.C32H35FN4O5.Li/c1-5-43-31(41)29(28-27-7-6-12-38(27)20-35-28)39-19-25-24(30(39)40)17-22(18-26(25)34)21-8-10-23(11-9-21)36-13-15-37(16-14-36)32(42)44-33(2,3)4;1-32(2,3)42-31(41)35-13-10-21(11-14-35)19-6-8-20(9-7-19)22-15-23-24(25(33)16-22)17-37(29(23)38)28(30(39)40)27-26-5-4-12-36(26)18-34-27;/h8-11,17-18,20,29H,5-7,12-16,19H2,1-4H3;6-9,15-16,18,21,28H,4-5,10-14,17H2,1-3H3,(H,39,40);/q;;+1/p-1. The molecule has 4 amide bonds. The number of imidazole rings is 2. The number of fused-ring (bicyclic) bond motifs is 4. The monoisotopic (exact) mass is 1180 g/mol. The predicted molar refractivity (Wildman–Crippen MR) is 311 cm³/mol. The third kappa shape index (κ3) is 12.9. The average Bonchev–Trinajstić information content (AvgIpc) is 1.78. The van der Waals surface area contributed by atoms with Crippen molar-refractivity contribution in [3.63, 3.8) is 0 Å². The molecule has 2 atom stereocenters. The first-order valence-electron chi connectivity index (χ1n) is 29.7. The Labute approximate surface area is 516 Å². The van der Waals surface area contributed by atoms with E-state index in [9.17, 15) is 33.9 Å². The number of carbonyl (C=O) groups is 6. The first kappa shape index (κ1) is 62.0. The Bertz CT molecular complexity index is 3620. The number of hydrogen-bond donors (Lipinski definition) is 0. The topological polar surface area (TPSA) is 205 Å². The molecule has 2 saturated heterocycles. The molecule has 0 radical (unpaired) electrons.